The van der Waals surface area contributed by atoms with Crippen molar-refractivity contribution in [2.24, 2.45) is 0 Å². The Morgan fingerprint density at radius 3 is 1.68 bits per heavy atom. The van der Waals surface area contributed by atoms with Gasteiger partial charge in [-0.1, -0.05) is 11.6 Å². The molecule has 8 nitrogen and oxygen atoms in total. The fourth-order valence-corrected chi connectivity index (χ4v) is 3.64. The number of hydrogen-bond donors (Lipinski definition) is 1. The number of fused-ring (bicyclic) bond motifs is 2. The maximum absolute atomic E-state index is 12.9. The van der Waals surface area contributed by atoms with E-state index in [0.29, 0.717) is 22.3 Å². The highest BCUT2D eigenvalue weighted by Gasteiger charge is 2.09. The van der Waals surface area contributed by atoms with Crippen LogP contribution in [0.2, 0.25) is 5.15 Å². The molecule has 188 valence electrons. The highest BCUT2D eigenvalue weighted by atomic mass is 35.5. The van der Waals surface area contributed by atoms with E-state index in [0.717, 1.165) is 29.6 Å². The molecule has 0 saturated heterocycles. The Bertz CT molecular complexity index is 1620. The molecule has 0 aliphatic rings. The van der Waals surface area contributed by atoms with Crippen LogP contribution in [-0.4, -0.2) is 48.1 Å². The van der Waals surface area contributed by atoms with Gasteiger partial charge in [-0.05, 0) is 48.5 Å². The Kier molecular flexibility index (Phi) is 8.02. The van der Waals surface area contributed by atoms with Crippen molar-refractivity contribution in [2.45, 2.75) is 0 Å². The standard InChI is InChI=1S/C13H10FN3O.C12H7ClFN3.CH4O/c1-18-13-12-16-11(8-17(12)7-6-15-13)9-2-4-10(14)5-3-9;13-11-12-16-10(7-17(12)6-5-15-11)8-1-3-9(14)4-2-8;1-2/h2-8H,1H3;1-7H;2H,1H3. The molecule has 0 radical (unpaired) electrons. The summed E-state index contributed by atoms with van der Waals surface area (Å²) in [6.07, 6.45) is 10.5. The second-order valence-corrected chi connectivity index (χ2v) is 7.74. The van der Waals surface area contributed by atoms with Crippen LogP contribution in [0.15, 0.2) is 85.7 Å². The number of hydrogen-bond acceptors (Lipinski definition) is 6. The van der Waals surface area contributed by atoms with E-state index in [4.69, 9.17) is 21.4 Å². The largest absolute Gasteiger partial charge is 0.478 e. The van der Waals surface area contributed by atoms with Gasteiger partial charge in [-0.3, -0.25) is 0 Å². The molecule has 6 rings (SSSR count). The predicted molar refractivity (Wildman–Crippen MR) is 136 cm³/mol. The van der Waals surface area contributed by atoms with Crippen LogP contribution >= 0.6 is 11.6 Å². The molecule has 1 N–H and O–H groups in total. The second-order valence-electron chi connectivity index (χ2n) is 7.38. The van der Waals surface area contributed by atoms with Gasteiger partial charge in [0, 0.05) is 55.4 Å². The third-order valence-electron chi connectivity index (χ3n) is 5.15. The first kappa shape index (κ1) is 25.7. The zero-order valence-corrected chi connectivity index (χ0v) is 20.5. The molecule has 0 aliphatic carbocycles. The molecule has 2 aromatic carbocycles. The lowest BCUT2D eigenvalue weighted by atomic mass is 10.2. The normalized spacial score (nSPS) is 10.4. The van der Waals surface area contributed by atoms with Crippen LogP contribution in [0.4, 0.5) is 8.78 Å². The van der Waals surface area contributed by atoms with Gasteiger partial charge in [0.1, 0.15) is 11.6 Å². The molecule has 0 saturated carbocycles. The Morgan fingerprint density at radius 2 is 1.19 bits per heavy atom. The number of aromatic nitrogens is 6. The van der Waals surface area contributed by atoms with Gasteiger partial charge in [0.05, 0.1) is 18.5 Å². The summed E-state index contributed by atoms with van der Waals surface area (Å²) >= 11 is 5.93. The fourth-order valence-electron chi connectivity index (χ4n) is 3.45. The number of aliphatic hydroxyl groups excluding tert-OH is 1. The molecular weight excluding hydrogens is 502 g/mol. The lowest BCUT2D eigenvalue weighted by Gasteiger charge is -1.98. The first-order valence-corrected chi connectivity index (χ1v) is 11.2. The summed E-state index contributed by atoms with van der Waals surface area (Å²) in [6.45, 7) is 0. The molecule has 0 atom stereocenters. The second kappa shape index (κ2) is 11.5. The number of nitrogens with zero attached hydrogens (tertiary/aromatic N) is 6. The molecule has 6 aromatic rings. The predicted octanol–water partition coefficient (Wildman–Crippen LogP) is 5.34. The maximum Gasteiger partial charge on any atom is 0.258 e. The van der Waals surface area contributed by atoms with Crippen molar-refractivity contribution in [2.75, 3.05) is 14.2 Å². The number of aliphatic hydroxyl groups is 1. The molecular formula is C26H21ClF2N6O2. The summed E-state index contributed by atoms with van der Waals surface area (Å²) < 4.78 is 34.4. The van der Waals surface area contributed by atoms with Crippen molar-refractivity contribution in [3.63, 3.8) is 0 Å². The van der Waals surface area contributed by atoms with Crippen molar-refractivity contribution in [3.05, 3.63) is 102 Å². The molecule has 0 spiro atoms. The zero-order valence-electron chi connectivity index (χ0n) is 19.8. The zero-order chi connectivity index (χ0) is 26.4. The average molecular weight is 523 g/mol. The van der Waals surface area contributed by atoms with Gasteiger partial charge in [0.15, 0.2) is 10.8 Å². The number of imidazole rings is 2. The molecule has 4 aromatic heterocycles. The van der Waals surface area contributed by atoms with Crippen molar-refractivity contribution in [3.8, 4) is 28.4 Å². The van der Waals surface area contributed by atoms with E-state index in [9.17, 15) is 8.78 Å². The van der Waals surface area contributed by atoms with Crippen molar-refractivity contribution >= 4 is 22.9 Å². The smallest absolute Gasteiger partial charge is 0.258 e. The third kappa shape index (κ3) is 5.71. The van der Waals surface area contributed by atoms with Crippen LogP contribution in [0.1, 0.15) is 0 Å². The summed E-state index contributed by atoms with van der Waals surface area (Å²) in [5.41, 5.74) is 4.40. The lowest BCUT2D eigenvalue weighted by Crippen LogP contribution is -1.92. The van der Waals surface area contributed by atoms with E-state index >= 15 is 0 Å². The summed E-state index contributed by atoms with van der Waals surface area (Å²) in [4.78, 5) is 16.8. The first-order valence-electron chi connectivity index (χ1n) is 10.9. The minimum Gasteiger partial charge on any atom is -0.478 e. The monoisotopic (exact) mass is 522 g/mol. The van der Waals surface area contributed by atoms with E-state index in [1.54, 1.807) is 60.6 Å². The van der Waals surface area contributed by atoms with E-state index in [1.165, 1.54) is 24.3 Å². The van der Waals surface area contributed by atoms with E-state index in [2.05, 4.69) is 19.9 Å². The minimum absolute atomic E-state index is 0.262. The van der Waals surface area contributed by atoms with Crippen LogP contribution in [0.3, 0.4) is 0 Å². The minimum atomic E-state index is -0.266. The summed E-state index contributed by atoms with van der Waals surface area (Å²) in [5.74, 6) is -0.0650. The van der Waals surface area contributed by atoms with E-state index in [-0.39, 0.29) is 11.6 Å². The quantitative estimate of drug-likeness (QED) is 0.337. The van der Waals surface area contributed by atoms with E-state index < -0.39 is 0 Å². The summed E-state index contributed by atoms with van der Waals surface area (Å²) in [7, 11) is 2.55. The highest BCUT2D eigenvalue weighted by Crippen LogP contribution is 2.23. The maximum atomic E-state index is 12.9. The van der Waals surface area contributed by atoms with Crippen molar-refractivity contribution in [1.82, 2.24) is 28.7 Å². The molecule has 0 unspecified atom stereocenters. The lowest BCUT2D eigenvalue weighted by molar-refractivity contribution is 0.399. The van der Waals surface area contributed by atoms with Gasteiger partial charge in [-0.15, -0.1) is 0 Å². The summed E-state index contributed by atoms with van der Waals surface area (Å²) in [5, 5.41) is 7.35. The Hall–Kier alpha value is -4.41. The Balaban J connectivity index is 0.000000162. The molecule has 0 aliphatic heterocycles. The van der Waals surface area contributed by atoms with Gasteiger partial charge >= 0.3 is 0 Å². The van der Waals surface area contributed by atoms with Crippen molar-refractivity contribution in [1.29, 1.82) is 0 Å². The third-order valence-corrected chi connectivity index (χ3v) is 5.41. The van der Waals surface area contributed by atoms with Crippen LogP contribution in [-0.2, 0) is 0 Å². The van der Waals surface area contributed by atoms with Crippen LogP contribution in [0, 0.1) is 11.6 Å². The van der Waals surface area contributed by atoms with Crippen LogP contribution in [0.25, 0.3) is 33.8 Å². The SMILES string of the molecule is CO.COc1nccn2cc(-c3ccc(F)cc3)nc12.Fc1ccc(-c2cn3ccnc(Cl)c3n2)cc1. The van der Waals surface area contributed by atoms with Gasteiger partial charge in [0.2, 0.25) is 5.65 Å². The first-order chi connectivity index (χ1) is 18.0. The number of ether oxygens (including phenoxy) is 1. The molecule has 0 amide bonds. The van der Waals surface area contributed by atoms with Gasteiger partial charge in [-0.2, -0.15) is 0 Å². The topological polar surface area (TPSA) is 89.8 Å². The van der Waals surface area contributed by atoms with Gasteiger partial charge in [-0.25, -0.2) is 28.7 Å². The highest BCUT2D eigenvalue weighted by molar-refractivity contribution is 6.32. The number of halogens is 3. The average Bonchev–Trinajstić information content (AvgIpc) is 3.57. The summed E-state index contributed by atoms with van der Waals surface area (Å²) in [6, 6.07) is 12.4. The Morgan fingerprint density at radius 1 is 0.730 bits per heavy atom. The number of rotatable bonds is 3. The molecule has 0 bridgehead atoms. The van der Waals surface area contributed by atoms with Crippen LogP contribution in [0.5, 0.6) is 5.88 Å². The molecule has 0 fully saturated rings. The fraction of sp³-hybridized carbons (Fsp3) is 0.0769. The number of methoxy groups -OCH3 is 1. The molecule has 4 heterocycles. The van der Waals surface area contributed by atoms with Crippen molar-refractivity contribution < 1.29 is 18.6 Å². The van der Waals surface area contributed by atoms with E-state index in [1.807, 2.05) is 16.8 Å². The van der Waals surface area contributed by atoms with Gasteiger partial charge < -0.3 is 18.6 Å². The Labute approximate surface area is 215 Å². The van der Waals surface area contributed by atoms with Gasteiger partial charge in [0.25, 0.3) is 5.88 Å². The molecule has 11 heteroatoms. The number of benzene rings is 2. The van der Waals surface area contributed by atoms with Crippen LogP contribution < -0.4 is 4.74 Å². The molecule has 37 heavy (non-hydrogen) atoms.